The minimum absolute atomic E-state index is 0.0223. The van der Waals surface area contributed by atoms with Crippen molar-refractivity contribution in [3.8, 4) is 23.0 Å². The van der Waals surface area contributed by atoms with Crippen LogP contribution in [0.1, 0.15) is 23.1 Å². The molecule has 2 heterocycles. The Bertz CT molecular complexity index is 695. The minimum Gasteiger partial charge on any atom is -0.497 e. The van der Waals surface area contributed by atoms with Crippen LogP contribution in [-0.4, -0.2) is 20.8 Å². The van der Waals surface area contributed by atoms with Crippen molar-refractivity contribution in [3.63, 3.8) is 0 Å². The van der Waals surface area contributed by atoms with Gasteiger partial charge in [-0.15, -0.1) is 0 Å². The summed E-state index contributed by atoms with van der Waals surface area (Å²) in [6.07, 6.45) is -0.0223. The standard InChI is InChI=1S/C17H16O4/c1-18-10-4-6-16-12(7-10)14-9-20-15-5-3-11(19-2)8-13(15)17(14)21-16/h3-8,14,17H,9H2,1-2H3/t14-,17+/m0/s1. The monoisotopic (exact) mass is 284 g/mol. The van der Waals surface area contributed by atoms with Crippen LogP contribution in [0, 0.1) is 0 Å². The SMILES string of the molecule is COc1ccc2c(c1)[C@H]1Oc3ccc(OC)cc3[C@@H]1CO2. The second-order valence-corrected chi connectivity index (χ2v) is 5.26. The average molecular weight is 284 g/mol. The van der Waals surface area contributed by atoms with Crippen LogP contribution in [0.3, 0.4) is 0 Å². The number of benzene rings is 2. The van der Waals surface area contributed by atoms with E-state index in [1.54, 1.807) is 14.2 Å². The lowest BCUT2D eigenvalue weighted by atomic mass is 9.89. The molecule has 2 aliphatic rings. The minimum atomic E-state index is -0.0223. The number of ether oxygens (including phenoxy) is 4. The van der Waals surface area contributed by atoms with Gasteiger partial charge in [0.25, 0.3) is 0 Å². The van der Waals surface area contributed by atoms with Gasteiger partial charge in [-0.05, 0) is 36.4 Å². The molecule has 4 heteroatoms. The number of hydrogen-bond acceptors (Lipinski definition) is 4. The third-order valence-corrected chi connectivity index (χ3v) is 4.18. The Morgan fingerprint density at radius 1 is 0.905 bits per heavy atom. The van der Waals surface area contributed by atoms with Crippen LogP contribution in [0.15, 0.2) is 36.4 Å². The highest BCUT2D eigenvalue weighted by Crippen LogP contribution is 2.52. The highest BCUT2D eigenvalue weighted by atomic mass is 16.5. The molecule has 0 amide bonds. The van der Waals surface area contributed by atoms with Crippen molar-refractivity contribution in [1.29, 1.82) is 0 Å². The summed E-state index contributed by atoms with van der Waals surface area (Å²) in [5, 5.41) is 0. The van der Waals surface area contributed by atoms with E-state index < -0.39 is 0 Å². The predicted octanol–water partition coefficient (Wildman–Crippen LogP) is 3.31. The van der Waals surface area contributed by atoms with Crippen molar-refractivity contribution < 1.29 is 18.9 Å². The molecular weight excluding hydrogens is 268 g/mol. The van der Waals surface area contributed by atoms with Crippen LogP contribution in [-0.2, 0) is 0 Å². The van der Waals surface area contributed by atoms with Crippen LogP contribution in [0.2, 0.25) is 0 Å². The molecule has 21 heavy (non-hydrogen) atoms. The molecule has 2 atom stereocenters. The van der Waals surface area contributed by atoms with Gasteiger partial charge >= 0.3 is 0 Å². The highest BCUT2D eigenvalue weighted by Gasteiger charge is 2.41. The van der Waals surface area contributed by atoms with E-state index in [9.17, 15) is 0 Å². The molecule has 0 saturated carbocycles. The first-order chi connectivity index (χ1) is 10.3. The van der Waals surface area contributed by atoms with Crippen LogP contribution in [0.5, 0.6) is 23.0 Å². The Morgan fingerprint density at radius 2 is 1.57 bits per heavy atom. The fourth-order valence-electron chi connectivity index (χ4n) is 3.08. The maximum atomic E-state index is 6.15. The molecule has 2 aromatic rings. The van der Waals surface area contributed by atoms with Gasteiger partial charge < -0.3 is 18.9 Å². The summed E-state index contributed by atoms with van der Waals surface area (Å²) in [6.45, 7) is 0.615. The molecule has 4 rings (SSSR count). The molecule has 0 unspecified atom stereocenters. The van der Waals surface area contributed by atoms with Crippen LogP contribution >= 0.6 is 0 Å². The predicted molar refractivity (Wildman–Crippen MR) is 77.6 cm³/mol. The van der Waals surface area contributed by atoms with Crippen molar-refractivity contribution in [2.45, 2.75) is 12.0 Å². The van der Waals surface area contributed by atoms with E-state index >= 15 is 0 Å². The molecule has 0 aliphatic carbocycles. The van der Waals surface area contributed by atoms with E-state index in [-0.39, 0.29) is 12.0 Å². The molecule has 0 saturated heterocycles. The lowest BCUT2D eigenvalue weighted by Crippen LogP contribution is -2.23. The fourth-order valence-corrected chi connectivity index (χ4v) is 3.08. The van der Waals surface area contributed by atoms with Crippen molar-refractivity contribution >= 4 is 0 Å². The number of methoxy groups -OCH3 is 2. The van der Waals surface area contributed by atoms with Gasteiger partial charge in [-0.2, -0.15) is 0 Å². The third-order valence-electron chi connectivity index (χ3n) is 4.18. The second kappa shape index (κ2) is 4.58. The maximum absolute atomic E-state index is 6.15. The molecule has 0 fully saturated rings. The van der Waals surface area contributed by atoms with Gasteiger partial charge in [0.1, 0.15) is 29.1 Å². The Balaban J connectivity index is 1.77. The van der Waals surface area contributed by atoms with E-state index in [4.69, 9.17) is 18.9 Å². The molecular formula is C17H16O4. The fraction of sp³-hybridized carbons (Fsp3) is 0.294. The molecule has 0 spiro atoms. The first-order valence-corrected chi connectivity index (χ1v) is 6.95. The Kier molecular flexibility index (Phi) is 2.70. The maximum Gasteiger partial charge on any atom is 0.138 e. The van der Waals surface area contributed by atoms with Crippen LogP contribution < -0.4 is 18.9 Å². The lowest BCUT2D eigenvalue weighted by Gasteiger charge is -2.28. The Hall–Kier alpha value is -2.36. The van der Waals surface area contributed by atoms with Crippen molar-refractivity contribution in [2.75, 3.05) is 20.8 Å². The van der Waals surface area contributed by atoms with E-state index in [1.807, 2.05) is 36.4 Å². The molecule has 2 aromatic carbocycles. The molecule has 2 aliphatic heterocycles. The molecule has 0 aromatic heterocycles. The average Bonchev–Trinajstić information content (AvgIpc) is 2.92. The summed E-state index contributed by atoms with van der Waals surface area (Å²) in [5.74, 6) is 3.63. The van der Waals surface area contributed by atoms with Crippen molar-refractivity contribution in [3.05, 3.63) is 47.5 Å². The summed E-state index contributed by atoms with van der Waals surface area (Å²) in [7, 11) is 3.34. The number of fused-ring (bicyclic) bond motifs is 5. The van der Waals surface area contributed by atoms with E-state index in [0.29, 0.717) is 6.61 Å². The highest BCUT2D eigenvalue weighted by molar-refractivity contribution is 5.52. The van der Waals surface area contributed by atoms with E-state index in [0.717, 1.165) is 34.1 Å². The van der Waals surface area contributed by atoms with E-state index in [2.05, 4.69) is 0 Å². The first kappa shape index (κ1) is 12.4. The van der Waals surface area contributed by atoms with Gasteiger partial charge in [0.05, 0.1) is 26.7 Å². The molecule has 0 N–H and O–H groups in total. The largest absolute Gasteiger partial charge is 0.497 e. The van der Waals surface area contributed by atoms with Gasteiger partial charge in [-0.25, -0.2) is 0 Å². The summed E-state index contributed by atoms with van der Waals surface area (Å²) < 4.78 is 22.7. The van der Waals surface area contributed by atoms with Gasteiger partial charge in [0.2, 0.25) is 0 Å². The van der Waals surface area contributed by atoms with Gasteiger partial charge in [-0.3, -0.25) is 0 Å². The van der Waals surface area contributed by atoms with Gasteiger partial charge in [0, 0.05) is 11.1 Å². The van der Waals surface area contributed by atoms with Crippen molar-refractivity contribution in [2.24, 2.45) is 0 Å². The first-order valence-electron chi connectivity index (χ1n) is 6.95. The Morgan fingerprint density at radius 3 is 2.29 bits per heavy atom. The summed E-state index contributed by atoms with van der Waals surface area (Å²) in [4.78, 5) is 0. The molecule has 0 radical (unpaired) electrons. The zero-order valence-corrected chi connectivity index (χ0v) is 12.0. The third kappa shape index (κ3) is 1.82. The number of rotatable bonds is 2. The quantitative estimate of drug-likeness (QED) is 0.847. The summed E-state index contributed by atoms with van der Waals surface area (Å²) >= 11 is 0. The van der Waals surface area contributed by atoms with E-state index in [1.165, 1.54) is 0 Å². The lowest BCUT2D eigenvalue weighted by molar-refractivity contribution is 0.139. The zero-order valence-electron chi connectivity index (χ0n) is 12.0. The smallest absolute Gasteiger partial charge is 0.138 e. The van der Waals surface area contributed by atoms with Crippen molar-refractivity contribution in [1.82, 2.24) is 0 Å². The molecule has 0 bridgehead atoms. The summed E-state index contributed by atoms with van der Waals surface area (Å²) in [5.41, 5.74) is 2.19. The van der Waals surface area contributed by atoms with Gasteiger partial charge in [0.15, 0.2) is 0 Å². The van der Waals surface area contributed by atoms with Gasteiger partial charge in [-0.1, -0.05) is 0 Å². The Labute approximate surface area is 123 Å². The normalized spacial score (nSPS) is 21.4. The van der Waals surface area contributed by atoms with Crippen LogP contribution in [0.4, 0.5) is 0 Å². The number of hydrogen-bond donors (Lipinski definition) is 0. The topological polar surface area (TPSA) is 36.9 Å². The molecule has 4 nitrogen and oxygen atoms in total. The zero-order chi connectivity index (χ0) is 14.4. The van der Waals surface area contributed by atoms with Crippen LogP contribution in [0.25, 0.3) is 0 Å². The second-order valence-electron chi connectivity index (χ2n) is 5.26. The molecule has 108 valence electrons. The summed E-state index contributed by atoms with van der Waals surface area (Å²) in [6, 6.07) is 11.8.